The summed E-state index contributed by atoms with van der Waals surface area (Å²) in [5, 5.41) is 5.91. The maximum atomic E-state index is 13.9. The Labute approximate surface area is 153 Å². The molecule has 3 N–H and O–H groups in total. The molecular formula is C16H23ClFN3O3S. The number of halogens is 2. The first kappa shape index (κ1) is 20.1. The SMILES string of the molecule is Cl.O=C(CCC1CCNC1)Nc1ccc(F)c(S(=O)(=O)NC2CC2)c1. The highest BCUT2D eigenvalue weighted by Crippen LogP contribution is 2.25. The zero-order valence-corrected chi connectivity index (χ0v) is 15.4. The zero-order chi connectivity index (χ0) is 17.2. The van der Waals surface area contributed by atoms with Gasteiger partial charge in [0.1, 0.15) is 10.7 Å². The standard InChI is InChI=1S/C16H22FN3O3S.ClH/c17-14-5-4-13(9-15(14)24(22,23)20-12-2-3-12)19-16(21)6-1-11-7-8-18-10-11;/h4-5,9,11-12,18,20H,1-3,6-8,10H2,(H,19,21);1H. The van der Waals surface area contributed by atoms with Crippen molar-refractivity contribution in [2.24, 2.45) is 5.92 Å². The monoisotopic (exact) mass is 391 g/mol. The van der Waals surface area contributed by atoms with Crippen molar-refractivity contribution >= 4 is 34.0 Å². The van der Waals surface area contributed by atoms with Crippen LogP contribution in [0.5, 0.6) is 0 Å². The van der Waals surface area contributed by atoms with E-state index in [1.165, 1.54) is 12.1 Å². The summed E-state index contributed by atoms with van der Waals surface area (Å²) in [5.41, 5.74) is 0.294. The van der Waals surface area contributed by atoms with E-state index in [2.05, 4.69) is 15.4 Å². The van der Waals surface area contributed by atoms with Crippen LogP contribution in [0, 0.1) is 11.7 Å². The largest absolute Gasteiger partial charge is 0.326 e. The van der Waals surface area contributed by atoms with Gasteiger partial charge < -0.3 is 10.6 Å². The molecule has 2 fully saturated rings. The molecule has 1 heterocycles. The predicted octanol–water partition coefficient (Wildman–Crippen LogP) is 2.02. The minimum atomic E-state index is -3.90. The molecule has 2 aliphatic rings. The van der Waals surface area contributed by atoms with Crippen LogP contribution in [0.3, 0.4) is 0 Å². The van der Waals surface area contributed by atoms with Crippen LogP contribution < -0.4 is 15.4 Å². The van der Waals surface area contributed by atoms with Gasteiger partial charge in [-0.2, -0.15) is 0 Å². The molecule has 0 aromatic heterocycles. The Bertz CT molecular complexity index is 719. The van der Waals surface area contributed by atoms with Gasteiger partial charge in [-0.3, -0.25) is 4.79 Å². The average molecular weight is 392 g/mol. The van der Waals surface area contributed by atoms with Crippen LogP contribution in [0.25, 0.3) is 0 Å². The molecule has 3 rings (SSSR count). The van der Waals surface area contributed by atoms with E-state index in [1.54, 1.807) is 0 Å². The Morgan fingerprint density at radius 2 is 2.04 bits per heavy atom. The number of benzene rings is 1. The van der Waals surface area contributed by atoms with Gasteiger partial charge in [-0.15, -0.1) is 12.4 Å². The van der Waals surface area contributed by atoms with Crippen LogP contribution in [0.1, 0.15) is 32.1 Å². The summed E-state index contributed by atoms with van der Waals surface area (Å²) < 4.78 is 40.7. The first-order valence-electron chi connectivity index (χ1n) is 8.26. The molecule has 0 radical (unpaired) electrons. The van der Waals surface area contributed by atoms with Gasteiger partial charge >= 0.3 is 0 Å². The molecule has 1 amide bonds. The number of hydrogen-bond acceptors (Lipinski definition) is 4. The normalized spacial score (nSPS) is 20.1. The maximum Gasteiger partial charge on any atom is 0.243 e. The van der Waals surface area contributed by atoms with Crippen molar-refractivity contribution in [2.45, 2.75) is 43.0 Å². The fourth-order valence-corrected chi connectivity index (χ4v) is 4.20. The summed E-state index contributed by atoms with van der Waals surface area (Å²) in [4.78, 5) is 11.6. The summed E-state index contributed by atoms with van der Waals surface area (Å²) in [6.45, 7) is 1.92. The second-order valence-electron chi connectivity index (χ2n) is 6.49. The van der Waals surface area contributed by atoms with Crippen LogP contribution in [-0.4, -0.2) is 33.5 Å². The number of anilines is 1. The molecule has 1 saturated heterocycles. The number of carbonyl (C=O) groups excluding carboxylic acids is 1. The maximum absolute atomic E-state index is 13.9. The van der Waals surface area contributed by atoms with Gasteiger partial charge in [0.2, 0.25) is 15.9 Å². The lowest BCUT2D eigenvalue weighted by atomic mass is 10.0. The lowest BCUT2D eigenvalue weighted by Crippen LogP contribution is -2.26. The predicted molar refractivity (Wildman–Crippen MR) is 95.8 cm³/mol. The molecule has 0 spiro atoms. The van der Waals surface area contributed by atoms with Crippen molar-refractivity contribution in [1.29, 1.82) is 0 Å². The van der Waals surface area contributed by atoms with E-state index in [1.807, 2.05) is 0 Å². The van der Waals surface area contributed by atoms with Crippen molar-refractivity contribution in [1.82, 2.24) is 10.0 Å². The Hall–Kier alpha value is -1.22. The number of nitrogens with one attached hydrogen (secondary N) is 3. The minimum absolute atomic E-state index is 0. The summed E-state index contributed by atoms with van der Waals surface area (Å²) in [5.74, 6) is -0.507. The summed E-state index contributed by atoms with van der Waals surface area (Å²) in [6.07, 6.45) is 3.76. The molecule has 1 saturated carbocycles. The molecular weight excluding hydrogens is 369 g/mol. The van der Waals surface area contributed by atoms with Gasteiger partial charge in [0.25, 0.3) is 0 Å². The highest BCUT2D eigenvalue weighted by atomic mass is 35.5. The quantitative estimate of drug-likeness (QED) is 0.663. The second-order valence-corrected chi connectivity index (χ2v) is 8.17. The molecule has 1 aromatic rings. The van der Waals surface area contributed by atoms with Crippen molar-refractivity contribution in [3.63, 3.8) is 0 Å². The Morgan fingerprint density at radius 3 is 2.68 bits per heavy atom. The molecule has 1 atom stereocenters. The topological polar surface area (TPSA) is 87.3 Å². The van der Waals surface area contributed by atoms with Crippen LogP contribution in [0.2, 0.25) is 0 Å². The van der Waals surface area contributed by atoms with E-state index >= 15 is 0 Å². The number of amides is 1. The first-order valence-corrected chi connectivity index (χ1v) is 9.75. The average Bonchev–Trinajstić information content (AvgIpc) is 3.17. The van der Waals surface area contributed by atoms with E-state index in [0.717, 1.165) is 44.8 Å². The second kappa shape index (κ2) is 8.44. The third kappa shape index (κ3) is 5.64. The fraction of sp³-hybridized carbons (Fsp3) is 0.562. The number of sulfonamides is 1. The highest BCUT2D eigenvalue weighted by Gasteiger charge is 2.29. The van der Waals surface area contributed by atoms with Crippen LogP contribution in [-0.2, 0) is 14.8 Å². The third-order valence-corrected chi connectivity index (χ3v) is 5.88. The van der Waals surface area contributed by atoms with Crippen molar-refractivity contribution in [3.05, 3.63) is 24.0 Å². The summed E-state index contributed by atoms with van der Waals surface area (Å²) in [7, 11) is -3.90. The number of hydrogen-bond donors (Lipinski definition) is 3. The molecule has 1 aliphatic carbocycles. The summed E-state index contributed by atoms with van der Waals surface area (Å²) in [6, 6.07) is 3.51. The fourth-order valence-electron chi connectivity index (χ4n) is 2.79. The molecule has 25 heavy (non-hydrogen) atoms. The van der Waals surface area contributed by atoms with E-state index in [9.17, 15) is 17.6 Å². The van der Waals surface area contributed by atoms with Gasteiger partial charge in [-0.25, -0.2) is 17.5 Å². The molecule has 0 bridgehead atoms. The molecule has 9 heteroatoms. The number of carbonyl (C=O) groups is 1. The van der Waals surface area contributed by atoms with Gasteiger partial charge in [0, 0.05) is 18.2 Å². The van der Waals surface area contributed by atoms with Gasteiger partial charge in [0.05, 0.1) is 0 Å². The van der Waals surface area contributed by atoms with E-state index < -0.39 is 20.7 Å². The molecule has 6 nitrogen and oxygen atoms in total. The van der Waals surface area contributed by atoms with Crippen molar-refractivity contribution in [2.75, 3.05) is 18.4 Å². The van der Waals surface area contributed by atoms with E-state index in [-0.39, 0.29) is 24.4 Å². The first-order chi connectivity index (χ1) is 11.4. The lowest BCUT2D eigenvalue weighted by Gasteiger charge is -2.11. The van der Waals surface area contributed by atoms with E-state index in [4.69, 9.17) is 0 Å². The smallest absolute Gasteiger partial charge is 0.243 e. The molecule has 1 aromatic carbocycles. The Kier molecular flexibility index (Phi) is 6.79. The number of rotatable bonds is 7. The highest BCUT2D eigenvalue weighted by molar-refractivity contribution is 7.89. The molecule has 1 unspecified atom stereocenters. The Balaban J connectivity index is 0.00000225. The summed E-state index contributed by atoms with van der Waals surface area (Å²) >= 11 is 0. The van der Waals surface area contributed by atoms with Crippen molar-refractivity contribution < 1.29 is 17.6 Å². The lowest BCUT2D eigenvalue weighted by molar-refractivity contribution is -0.116. The van der Waals surface area contributed by atoms with Gasteiger partial charge in [0.15, 0.2) is 0 Å². The van der Waals surface area contributed by atoms with E-state index in [0.29, 0.717) is 18.0 Å². The van der Waals surface area contributed by atoms with Crippen LogP contribution >= 0.6 is 12.4 Å². The van der Waals surface area contributed by atoms with Crippen LogP contribution in [0.15, 0.2) is 23.1 Å². The van der Waals surface area contributed by atoms with Crippen LogP contribution in [0.4, 0.5) is 10.1 Å². The zero-order valence-electron chi connectivity index (χ0n) is 13.8. The molecule has 1 aliphatic heterocycles. The third-order valence-electron chi connectivity index (χ3n) is 4.35. The van der Waals surface area contributed by atoms with Crippen molar-refractivity contribution in [3.8, 4) is 0 Å². The van der Waals surface area contributed by atoms with Gasteiger partial charge in [-0.05, 0) is 62.9 Å². The van der Waals surface area contributed by atoms with Gasteiger partial charge in [-0.1, -0.05) is 0 Å². The molecule has 140 valence electrons. The minimum Gasteiger partial charge on any atom is -0.326 e. The Morgan fingerprint density at radius 1 is 1.28 bits per heavy atom.